The largest absolute Gasteiger partial charge is 0.349 e. The summed E-state index contributed by atoms with van der Waals surface area (Å²) < 4.78 is 0. The Labute approximate surface area is 147 Å². The van der Waals surface area contributed by atoms with Crippen molar-refractivity contribution in [1.82, 2.24) is 15.3 Å². The monoisotopic (exact) mass is 359 g/mol. The third-order valence-corrected chi connectivity index (χ3v) is 5.49. The topological polar surface area (TPSA) is 74.8 Å². The number of carbonyl (C=O) groups excluding carboxylic acids is 1. The lowest BCUT2D eigenvalue weighted by Crippen LogP contribution is -2.28. The van der Waals surface area contributed by atoms with E-state index in [4.69, 9.17) is 0 Å². The third-order valence-electron chi connectivity index (χ3n) is 3.62. The lowest BCUT2D eigenvalue weighted by molar-refractivity contribution is -0.119. The number of carbonyl (C=O) groups is 1. The molecule has 2 heterocycles. The second kappa shape index (κ2) is 7.19. The number of thiophene rings is 1. The molecule has 24 heavy (non-hydrogen) atoms. The van der Waals surface area contributed by atoms with Gasteiger partial charge in [-0.3, -0.25) is 9.59 Å². The van der Waals surface area contributed by atoms with E-state index in [9.17, 15) is 9.59 Å². The zero-order valence-electron chi connectivity index (χ0n) is 13.3. The van der Waals surface area contributed by atoms with Gasteiger partial charge in [-0.1, -0.05) is 42.1 Å². The van der Waals surface area contributed by atoms with Crippen molar-refractivity contribution in [3.05, 3.63) is 57.2 Å². The number of H-pyrrole nitrogens is 1. The minimum absolute atomic E-state index is 0.0614. The number of thioether (sulfide) groups is 1. The Hall–Kier alpha value is -2.12. The molecule has 5 nitrogen and oxygen atoms in total. The highest BCUT2D eigenvalue weighted by Gasteiger charge is 2.12. The number of rotatable bonds is 5. The summed E-state index contributed by atoms with van der Waals surface area (Å²) in [7, 11) is 0. The average molecular weight is 359 g/mol. The molecular formula is C17H17N3O2S2. The van der Waals surface area contributed by atoms with Gasteiger partial charge in [0.25, 0.3) is 5.56 Å². The van der Waals surface area contributed by atoms with Crippen molar-refractivity contribution >= 4 is 39.2 Å². The molecule has 0 aliphatic carbocycles. The maximum atomic E-state index is 12.1. The highest BCUT2D eigenvalue weighted by atomic mass is 32.2. The van der Waals surface area contributed by atoms with Crippen molar-refractivity contribution in [2.24, 2.45) is 0 Å². The molecule has 2 aromatic heterocycles. The predicted molar refractivity (Wildman–Crippen MR) is 98.7 cm³/mol. The van der Waals surface area contributed by atoms with Gasteiger partial charge in [-0.05, 0) is 30.4 Å². The van der Waals surface area contributed by atoms with Gasteiger partial charge >= 0.3 is 0 Å². The van der Waals surface area contributed by atoms with Gasteiger partial charge in [0.2, 0.25) is 5.91 Å². The molecule has 2 N–H and O–H groups in total. The third kappa shape index (κ3) is 3.68. The summed E-state index contributed by atoms with van der Waals surface area (Å²) in [5.74, 6) is 0.108. The number of fused-ring (bicyclic) bond motifs is 1. The van der Waals surface area contributed by atoms with E-state index in [1.54, 1.807) is 0 Å². The Morgan fingerprint density at radius 3 is 2.88 bits per heavy atom. The fourth-order valence-corrected chi connectivity index (χ4v) is 4.03. The van der Waals surface area contributed by atoms with Crippen LogP contribution in [0.3, 0.4) is 0 Å². The Balaban J connectivity index is 1.63. The summed E-state index contributed by atoms with van der Waals surface area (Å²) in [4.78, 5) is 32.0. The van der Waals surface area contributed by atoms with Crippen LogP contribution in [0, 0.1) is 6.92 Å². The van der Waals surface area contributed by atoms with Gasteiger partial charge in [-0.25, -0.2) is 4.98 Å². The van der Waals surface area contributed by atoms with E-state index < -0.39 is 0 Å². The summed E-state index contributed by atoms with van der Waals surface area (Å²) >= 11 is 2.67. The van der Waals surface area contributed by atoms with Gasteiger partial charge in [0.05, 0.1) is 17.2 Å². The van der Waals surface area contributed by atoms with Gasteiger partial charge in [-0.2, -0.15) is 0 Å². The van der Waals surface area contributed by atoms with Crippen LogP contribution in [-0.2, 0) is 4.79 Å². The fraction of sp³-hybridized carbons (Fsp3) is 0.235. The summed E-state index contributed by atoms with van der Waals surface area (Å²) in [5.41, 5.74) is 1.83. The number of amides is 1. The van der Waals surface area contributed by atoms with E-state index in [0.29, 0.717) is 15.4 Å². The highest BCUT2D eigenvalue weighted by molar-refractivity contribution is 7.99. The minimum atomic E-state index is -0.153. The molecule has 1 aromatic carbocycles. The Morgan fingerprint density at radius 1 is 1.38 bits per heavy atom. The SMILES string of the molecule is Cc1csc2nc(SCC(=O)N[C@@H](C)c3ccccc3)[nH]c(=O)c12. The zero-order chi connectivity index (χ0) is 17.1. The number of aromatic amines is 1. The molecule has 0 aliphatic heterocycles. The zero-order valence-corrected chi connectivity index (χ0v) is 15.0. The van der Waals surface area contributed by atoms with E-state index in [1.807, 2.05) is 49.6 Å². The number of nitrogens with one attached hydrogen (secondary N) is 2. The number of aromatic nitrogens is 2. The molecular weight excluding hydrogens is 342 g/mol. The molecule has 0 radical (unpaired) electrons. The van der Waals surface area contributed by atoms with Crippen LogP contribution in [-0.4, -0.2) is 21.6 Å². The Bertz CT molecular complexity index is 918. The predicted octanol–water partition coefficient (Wildman–Crippen LogP) is 3.26. The van der Waals surface area contributed by atoms with E-state index in [-0.39, 0.29) is 23.3 Å². The molecule has 3 rings (SSSR count). The maximum Gasteiger partial charge on any atom is 0.260 e. The van der Waals surface area contributed by atoms with Crippen molar-refractivity contribution in [3.8, 4) is 0 Å². The smallest absolute Gasteiger partial charge is 0.260 e. The number of hydrogen-bond acceptors (Lipinski definition) is 5. The van der Waals surface area contributed by atoms with Crippen LogP contribution < -0.4 is 10.9 Å². The van der Waals surface area contributed by atoms with Crippen LogP contribution in [0.25, 0.3) is 10.2 Å². The molecule has 0 fully saturated rings. The Morgan fingerprint density at radius 2 is 2.12 bits per heavy atom. The summed E-state index contributed by atoms with van der Waals surface area (Å²) in [5, 5.41) is 5.96. The Kier molecular flexibility index (Phi) is 5.01. The molecule has 0 saturated carbocycles. The van der Waals surface area contributed by atoms with Gasteiger partial charge in [-0.15, -0.1) is 11.3 Å². The molecule has 1 amide bonds. The van der Waals surface area contributed by atoms with E-state index >= 15 is 0 Å². The van der Waals surface area contributed by atoms with Crippen LogP contribution >= 0.6 is 23.1 Å². The van der Waals surface area contributed by atoms with Crippen LogP contribution in [0.5, 0.6) is 0 Å². The second-order valence-electron chi connectivity index (χ2n) is 5.46. The molecule has 0 saturated heterocycles. The van der Waals surface area contributed by atoms with Gasteiger partial charge in [0, 0.05) is 0 Å². The maximum absolute atomic E-state index is 12.1. The van der Waals surface area contributed by atoms with Crippen LogP contribution in [0.2, 0.25) is 0 Å². The van der Waals surface area contributed by atoms with Crippen molar-refractivity contribution in [2.75, 3.05) is 5.75 Å². The molecule has 0 aliphatic rings. The van der Waals surface area contributed by atoms with Gasteiger partial charge in [0.15, 0.2) is 5.16 Å². The van der Waals surface area contributed by atoms with Crippen molar-refractivity contribution in [1.29, 1.82) is 0 Å². The minimum Gasteiger partial charge on any atom is -0.349 e. The molecule has 0 unspecified atom stereocenters. The first-order valence-corrected chi connectivity index (χ1v) is 9.36. The number of hydrogen-bond donors (Lipinski definition) is 2. The second-order valence-corrected chi connectivity index (χ2v) is 7.28. The number of nitrogens with zero attached hydrogens (tertiary/aromatic N) is 1. The van der Waals surface area contributed by atoms with E-state index in [1.165, 1.54) is 23.1 Å². The average Bonchev–Trinajstić information content (AvgIpc) is 2.95. The first-order valence-electron chi connectivity index (χ1n) is 7.50. The number of benzene rings is 1. The fourth-order valence-electron chi connectivity index (χ4n) is 2.38. The molecule has 0 spiro atoms. The van der Waals surface area contributed by atoms with Crippen molar-refractivity contribution in [3.63, 3.8) is 0 Å². The van der Waals surface area contributed by atoms with Crippen molar-refractivity contribution < 1.29 is 4.79 Å². The van der Waals surface area contributed by atoms with Crippen LogP contribution in [0.15, 0.2) is 45.7 Å². The molecule has 3 aromatic rings. The van der Waals surface area contributed by atoms with Crippen LogP contribution in [0.1, 0.15) is 24.1 Å². The summed E-state index contributed by atoms with van der Waals surface area (Å²) in [6.45, 7) is 3.83. The first kappa shape index (κ1) is 16.7. The van der Waals surface area contributed by atoms with E-state index in [2.05, 4.69) is 15.3 Å². The van der Waals surface area contributed by atoms with E-state index in [0.717, 1.165) is 11.1 Å². The number of aryl methyl sites for hydroxylation is 1. The standard InChI is InChI=1S/C17H17N3O2S2/c1-10-8-23-16-14(10)15(22)19-17(20-16)24-9-13(21)18-11(2)12-6-4-3-5-7-12/h3-8,11H,9H2,1-2H3,(H,18,21)(H,19,20,22)/t11-/m0/s1. The summed E-state index contributed by atoms with van der Waals surface area (Å²) in [6, 6.07) is 9.72. The molecule has 1 atom stereocenters. The molecule has 0 bridgehead atoms. The molecule has 124 valence electrons. The lowest BCUT2D eigenvalue weighted by Gasteiger charge is -2.13. The normalized spacial score (nSPS) is 12.2. The van der Waals surface area contributed by atoms with Crippen LogP contribution in [0.4, 0.5) is 0 Å². The van der Waals surface area contributed by atoms with Crippen molar-refractivity contribution in [2.45, 2.75) is 25.0 Å². The quantitative estimate of drug-likeness (QED) is 0.542. The molecule has 7 heteroatoms. The van der Waals surface area contributed by atoms with Gasteiger partial charge < -0.3 is 10.3 Å². The first-order chi connectivity index (χ1) is 11.5. The highest BCUT2D eigenvalue weighted by Crippen LogP contribution is 2.22. The lowest BCUT2D eigenvalue weighted by atomic mass is 10.1. The summed E-state index contributed by atoms with van der Waals surface area (Å²) in [6.07, 6.45) is 0. The van der Waals surface area contributed by atoms with Gasteiger partial charge in [0.1, 0.15) is 4.83 Å².